The molecule has 0 bridgehead atoms. The maximum atomic E-state index is 2.31. The summed E-state index contributed by atoms with van der Waals surface area (Å²) in [6.45, 7) is 4.59. The van der Waals surface area contributed by atoms with Gasteiger partial charge in [-0.05, 0) is 37.0 Å². The maximum absolute atomic E-state index is 2.31. The Kier molecular flexibility index (Phi) is 13.4. The number of rotatable bonds is 11. The topological polar surface area (TPSA) is 0 Å². The molecule has 92 valence electrons. The molecule has 0 spiro atoms. The van der Waals surface area contributed by atoms with Crippen molar-refractivity contribution in [2.45, 2.75) is 64.0 Å². The summed E-state index contributed by atoms with van der Waals surface area (Å²) in [5.74, 6) is 2.64. The molecular weight excluding hydrogens is 220 g/mol. The Morgan fingerprint density at radius 2 is 1.67 bits per heavy atom. The van der Waals surface area contributed by atoms with E-state index in [4.69, 9.17) is 0 Å². The molecule has 0 aliphatic carbocycles. The predicted octanol–water partition coefficient (Wildman–Crippen LogP) is 5.22. The van der Waals surface area contributed by atoms with E-state index in [2.05, 4.69) is 31.9 Å². The second kappa shape index (κ2) is 12.8. The Labute approximate surface area is 105 Å². The average Bonchev–Trinajstić information content (AvgIpc) is 2.24. The van der Waals surface area contributed by atoms with E-state index in [1.54, 1.807) is 0 Å². The highest BCUT2D eigenvalue weighted by Crippen LogP contribution is 2.22. The van der Waals surface area contributed by atoms with Gasteiger partial charge in [-0.1, -0.05) is 39.5 Å². The lowest BCUT2D eigenvalue weighted by atomic mass is 10.1. The molecule has 0 aromatic carbocycles. The monoisotopic (exact) mass is 248 g/mol. The summed E-state index contributed by atoms with van der Waals surface area (Å²) in [7, 11) is 0. The largest absolute Gasteiger partial charge is 0.165 e. The third-order valence-electron chi connectivity index (χ3n) is 2.64. The molecule has 2 heteroatoms. The van der Waals surface area contributed by atoms with Crippen molar-refractivity contribution in [1.29, 1.82) is 0 Å². The Morgan fingerprint density at radius 1 is 0.933 bits per heavy atom. The first-order valence-corrected chi connectivity index (χ1v) is 8.89. The highest BCUT2D eigenvalue weighted by molar-refractivity contribution is 7.99. The van der Waals surface area contributed by atoms with Crippen LogP contribution in [0, 0.1) is 0 Å². The van der Waals surface area contributed by atoms with Crippen LogP contribution in [0.5, 0.6) is 0 Å². The minimum absolute atomic E-state index is 0.945. The van der Waals surface area contributed by atoms with Crippen molar-refractivity contribution in [2.24, 2.45) is 0 Å². The fraction of sp³-hybridized carbons (Fsp3) is 1.00. The van der Waals surface area contributed by atoms with E-state index in [1.165, 1.54) is 56.5 Å². The summed E-state index contributed by atoms with van der Waals surface area (Å²) in [5, 5.41) is 0.945. The van der Waals surface area contributed by atoms with E-state index in [0.717, 1.165) is 5.25 Å². The van der Waals surface area contributed by atoms with Gasteiger partial charge in [0.15, 0.2) is 0 Å². The standard InChI is InChI=1S/C13H28S2/c1-4-10-13(15-5-2)11-8-6-7-9-12-14-3/h13H,4-12H2,1-3H3. The van der Waals surface area contributed by atoms with E-state index in [9.17, 15) is 0 Å². The minimum atomic E-state index is 0.945. The maximum Gasteiger partial charge on any atom is 0.00468 e. The molecule has 0 saturated carbocycles. The lowest BCUT2D eigenvalue weighted by molar-refractivity contribution is 0.597. The Balaban J connectivity index is 3.28. The number of hydrogen-bond acceptors (Lipinski definition) is 2. The predicted molar refractivity (Wildman–Crippen MR) is 78.3 cm³/mol. The van der Waals surface area contributed by atoms with Gasteiger partial charge in [-0.15, -0.1) is 0 Å². The van der Waals surface area contributed by atoms with Crippen molar-refractivity contribution in [3.8, 4) is 0 Å². The minimum Gasteiger partial charge on any atom is -0.165 e. The smallest absolute Gasteiger partial charge is 0.00468 e. The molecule has 15 heavy (non-hydrogen) atoms. The van der Waals surface area contributed by atoms with Crippen LogP contribution in [-0.2, 0) is 0 Å². The van der Waals surface area contributed by atoms with Crippen molar-refractivity contribution in [3.63, 3.8) is 0 Å². The zero-order valence-electron chi connectivity index (χ0n) is 10.8. The average molecular weight is 249 g/mol. The molecule has 0 amide bonds. The Morgan fingerprint density at radius 3 is 2.27 bits per heavy atom. The molecule has 0 radical (unpaired) electrons. The SMILES string of the molecule is CCCC(CCCCCCSC)SCC. The molecule has 1 atom stereocenters. The zero-order valence-corrected chi connectivity index (χ0v) is 12.4. The molecule has 0 aliphatic heterocycles. The van der Waals surface area contributed by atoms with Crippen LogP contribution in [0.3, 0.4) is 0 Å². The van der Waals surface area contributed by atoms with Crippen molar-refractivity contribution < 1.29 is 0 Å². The van der Waals surface area contributed by atoms with Gasteiger partial charge in [0.2, 0.25) is 0 Å². The van der Waals surface area contributed by atoms with E-state index < -0.39 is 0 Å². The van der Waals surface area contributed by atoms with Crippen LogP contribution in [0.25, 0.3) is 0 Å². The molecule has 0 N–H and O–H groups in total. The normalized spacial score (nSPS) is 13.0. The third-order valence-corrected chi connectivity index (χ3v) is 4.61. The quantitative estimate of drug-likeness (QED) is 0.460. The van der Waals surface area contributed by atoms with Crippen LogP contribution in [0.1, 0.15) is 58.8 Å². The fourth-order valence-corrected chi connectivity index (χ4v) is 3.54. The summed E-state index contributed by atoms with van der Waals surface area (Å²) in [6, 6.07) is 0. The molecule has 0 heterocycles. The second-order valence-electron chi connectivity index (χ2n) is 4.06. The molecule has 0 fully saturated rings. The molecule has 1 unspecified atom stereocenters. The first kappa shape index (κ1) is 15.7. The van der Waals surface area contributed by atoms with Crippen LogP contribution >= 0.6 is 23.5 Å². The summed E-state index contributed by atoms with van der Waals surface area (Å²) in [6.07, 6.45) is 12.2. The molecular formula is C13H28S2. The first-order chi connectivity index (χ1) is 7.35. The van der Waals surface area contributed by atoms with E-state index in [-0.39, 0.29) is 0 Å². The molecule has 0 aliphatic rings. The number of unbranched alkanes of at least 4 members (excludes halogenated alkanes) is 3. The molecule has 0 aromatic heterocycles. The molecule has 0 nitrogen and oxygen atoms in total. The van der Waals surface area contributed by atoms with Gasteiger partial charge in [-0.25, -0.2) is 0 Å². The van der Waals surface area contributed by atoms with Gasteiger partial charge in [0.1, 0.15) is 0 Å². The van der Waals surface area contributed by atoms with Crippen LogP contribution in [-0.4, -0.2) is 23.0 Å². The Bertz CT molecular complexity index is 109. The van der Waals surface area contributed by atoms with Gasteiger partial charge in [-0.3, -0.25) is 0 Å². The number of hydrogen-bond donors (Lipinski definition) is 0. The van der Waals surface area contributed by atoms with Crippen LogP contribution in [0.15, 0.2) is 0 Å². The number of thioether (sulfide) groups is 2. The molecule has 0 aromatic rings. The highest BCUT2D eigenvalue weighted by atomic mass is 32.2. The van der Waals surface area contributed by atoms with E-state index in [1.807, 2.05) is 11.8 Å². The van der Waals surface area contributed by atoms with Crippen LogP contribution < -0.4 is 0 Å². The van der Waals surface area contributed by atoms with Crippen molar-refractivity contribution in [2.75, 3.05) is 17.8 Å². The third kappa shape index (κ3) is 11.0. The van der Waals surface area contributed by atoms with Gasteiger partial charge in [0.05, 0.1) is 0 Å². The first-order valence-electron chi connectivity index (χ1n) is 6.45. The van der Waals surface area contributed by atoms with Crippen molar-refractivity contribution in [3.05, 3.63) is 0 Å². The summed E-state index contributed by atoms with van der Waals surface area (Å²) in [4.78, 5) is 0. The molecule has 0 rings (SSSR count). The van der Waals surface area contributed by atoms with E-state index in [0.29, 0.717) is 0 Å². The van der Waals surface area contributed by atoms with Gasteiger partial charge in [0, 0.05) is 5.25 Å². The zero-order chi connectivity index (χ0) is 11.4. The van der Waals surface area contributed by atoms with Gasteiger partial charge >= 0.3 is 0 Å². The van der Waals surface area contributed by atoms with Crippen molar-refractivity contribution in [1.82, 2.24) is 0 Å². The van der Waals surface area contributed by atoms with Gasteiger partial charge in [0.25, 0.3) is 0 Å². The van der Waals surface area contributed by atoms with Gasteiger partial charge in [-0.2, -0.15) is 23.5 Å². The van der Waals surface area contributed by atoms with E-state index >= 15 is 0 Å². The lowest BCUT2D eigenvalue weighted by Gasteiger charge is -2.14. The second-order valence-corrected chi connectivity index (χ2v) is 6.62. The van der Waals surface area contributed by atoms with Crippen LogP contribution in [0.2, 0.25) is 0 Å². The molecule has 0 saturated heterocycles. The Hall–Kier alpha value is 0.700. The lowest BCUT2D eigenvalue weighted by Crippen LogP contribution is -2.02. The van der Waals surface area contributed by atoms with Gasteiger partial charge < -0.3 is 0 Å². The van der Waals surface area contributed by atoms with Crippen LogP contribution in [0.4, 0.5) is 0 Å². The summed E-state index contributed by atoms with van der Waals surface area (Å²) < 4.78 is 0. The highest BCUT2D eigenvalue weighted by Gasteiger charge is 2.06. The van der Waals surface area contributed by atoms with Crippen molar-refractivity contribution >= 4 is 23.5 Å². The fourth-order valence-electron chi connectivity index (χ4n) is 1.84. The summed E-state index contributed by atoms with van der Waals surface area (Å²) in [5.41, 5.74) is 0. The summed E-state index contributed by atoms with van der Waals surface area (Å²) >= 11 is 4.14.